The number of aliphatic carboxylic acids is 3. The Kier molecular flexibility index (Phi) is 39.6. The molecule has 4 unspecified atom stereocenters. The molecule has 138 heavy (non-hydrogen) atoms. The van der Waals surface area contributed by atoms with Gasteiger partial charge in [-0.3, -0.25) is 105 Å². The van der Waals surface area contributed by atoms with E-state index in [1.807, 2.05) is 12.1 Å². The number of amides is 19. The lowest BCUT2D eigenvalue weighted by Gasteiger charge is -2.33. The second kappa shape index (κ2) is 49.9. The molecule has 4 aromatic carbocycles. The molecule has 2 spiro atoms. The molecule has 0 aliphatic carbocycles. The van der Waals surface area contributed by atoms with Gasteiger partial charge in [-0.2, -0.15) is 11.8 Å². The van der Waals surface area contributed by atoms with Gasteiger partial charge in [0.05, 0.1) is 36.8 Å². The number of nitrogens with one attached hydrogen (secondary N) is 13. The molecule has 16 atom stereocenters. The van der Waals surface area contributed by atoms with E-state index in [1.54, 1.807) is 53.4 Å². The molecule has 5 aliphatic heterocycles. The molecule has 748 valence electrons. The first kappa shape index (κ1) is 110. The number of primary amides is 3. The number of thioether (sulfide) groups is 3. The van der Waals surface area contributed by atoms with E-state index in [4.69, 9.17) is 22.9 Å². The highest BCUT2D eigenvalue weighted by Crippen LogP contribution is 2.57. The zero-order chi connectivity index (χ0) is 102. The molecule has 25 N–H and O–H groups in total. The van der Waals surface area contributed by atoms with Crippen LogP contribution < -0.4 is 92.1 Å². The van der Waals surface area contributed by atoms with Gasteiger partial charge in [0.1, 0.15) is 84.3 Å². The quantitative estimate of drug-likeness (QED) is 0.0156. The van der Waals surface area contributed by atoms with Gasteiger partial charge in [-0.15, -0.1) is 23.5 Å². The second-order valence-electron chi connectivity index (χ2n) is 35.5. The van der Waals surface area contributed by atoms with E-state index < -0.39 is 287 Å². The van der Waals surface area contributed by atoms with Gasteiger partial charge in [0, 0.05) is 112 Å². The van der Waals surface area contributed by atoms with E-state index in [2.05, 4.69) is 69.1 Å². The molecule has 5 aliphatic rings. The van der Waals surface area contributed by atoms with Crippen molar-refractivity contribution in [3.8, 4) is 5.75 Å². The molecule has 4 aromatic rings. The van der Waals surface area contributed by atoms with Crippen molar-refractivity contribution in [1.82, 2.24) is 83.8 Å². The van der Waals surface area contributed by atoms with Crippen LogP contribution in [0.1, 0.15) is 104 Å². The summed E-state index contributed by atoms with van der Waals surface area (Å²) >= 11 is 2.67. The summed E-state index contributed by atoms with van der Waals surface area (Å²) in [6.07, 6.45) is -6.11. The molecule has 5 saturated heterocycles. The third-order valence-electron chi connectivity index (χ3n) is 23.5. The summed E-state index contributed by atoms with van der Waals surface area (Å²) in [5, 5.41) is 74.2. The van der Waals surface area contributed by atoms with Crippen LogP contribution in [0.15, 0.2) is 97.1 Å². The number of phenolic OH excluding ortho intramolecular Hbond substituents is 1. The third kappa shape index (κ3) is 31.7. The number of nitrogens with two attached hydrogens (primary N) is 4. The lowest BCUT2D eigenvalue weighted by molar-refractivity contribution is -0.142. The van der Waals surface area contributed by atoms with Crippen LogP contribution in [0.4, 0.5) is 0 Å². The molecule has 0 aromatic heterocycles. The number of carbonyl (C=O) groups is 22. The van der Waals surface area contributed by atoms with E-state index in [9.17, 15) is 112 Å². The molecule has 4 bridgehead atoms. The van der Waals surface area contributed by atoms with Crippen LogP contribution in [0, 0.1) is 16.2 Å². The maximum atomic E-state index is 15.2. The standard InChI is InChI=1S/C89H118N20O26S3/c1-45(90)75(124)104-63(84(133)95-46(2)76(125)98-56(73(92)122)31-65(91)112)35-136-27-26-66(113)107-39-88-41-108-42-89(88,40-107)44-109(43-88)68(115)38-138-36-64(105-77(126)47(3)94-79(128)59(96-48(4)110)30-52-18-13-17-51-16-11-12-19-54(51)52)85(134)97-55(24-25-69(116)117)78(127)101-60(32-70(118)119)82(131)100-57(28-49-14-9-8-10-15-49)80(129)99-58(29-50-20-22-53(111)23-21-50)81(130)102-61(33-71(120)121)83(132)106-72(87(5,6)7)86(135)103-62(74(93)123)34-137-37-67(108)114/h8-23,45-47,55-64,72,111H,24-44,90H2,1-7H3,(H2,91,112)(H2,92,122)(H2,93,123)(H,94,128)(H,95,133)(H,96,110)(H,97,134)(H,98,125)(H,99,129)(H,100,131)(H,101,127)(H,102,130)(H,103,135)(H,104,124)(H,105,126)(H,106,132)(H,116,117)(H,118,119)(H,120,121)/t45-,46+,47+,55-,56-,57-,58-,59-,60-,61?,62?,63-,64-,72+,88?,89?/m0/s1. The van der Waals surface area contributed by atoms with Crippen molar-refractivity contribution in [2.75, 3.05) is 73.8 Å². The van der Waals surface area contributed by atoms with Gasteiger partial charge in [-0.25, -0.2) is 0 Å². The molecule has 46 nitrogen and oxygen atoms in total. The van der Waals surface area contributed by atoms with Crippen molar-refractivity contribution < 1.29 is 126 Å². The number of benzene rings is 4. The molecule has 49 heteroatoms. The highest BCUT2D eigenvalue weighted by molar-refractivity contribution is 8.00. The van der Waals surface area contributed by atoms with Crippen LogP contribution in [0.25, 0.3) is 10.8 Å². The predicted octanol–water partition coefficient (Wildman–Crippen LogP) is -5.91. The van der Waals surface area contributed by atoms with Gasteiger partial charge in [0.2, 0.25) is 112 Å². The fourth-order valence-electron chi connectivity index (χ4n) is 16.2. The molecule has 0 radical (unpaired) electrons. The minimum Gasteiger partial charge on any atom is -0.508 e. The lowest BCUT2D eigenvalue weighted by Crippen LogP contribution is -2.62. The average molecular weight is 1980 g/mol. The summed E-state index contributed by atoms with van der Waals surface area (Å²) in [5.74, 6) is -26.0. The van der Waals surface area contributed by atoms with Crippen LogP contribution in [0.5, 0.6) is 5.75 Å². The zero-order valence-electron chi connectivity index (χ0n) is 76.8. The van der Waals surface area contributed by atoms with Crippen LogP contribution in [0.3, 0.4) is 0 Å². The highest BCUT2D eigenvalue weighted by Gasteiger charge is 2.69. The number of likely N-dealkylation sites (tertiary alicyclic amines) is 1. The molecular weight excluding hydrogens is 1860 g/mol. The Morgan fingerprint density at radius 3 is 1.51 bits per heavy atom. The molecule has 0 saturated carbocycles. The van der Waals surface area contributed by atoms with Crippen molar-refractivity contribution in [2.45, 2.75) is 191 Å². The Labute approximate surface area is 805 Å². The average Bonchev–Trinajstić information content (AvgIpc) is 1.52. The number of carboxylic acid groups (broad SMARTS) is 3. The van der Waals surface area contributed by atoms with E-state index >= 15 is 14.4 Å². The van der Waals surface area contributed by atoms with Gasteiger partial charge in [-0.1, -0.05) is 106 Å². The fourth-order valence-corrected chi connectivity index (χ4v) is 19.0. The Morgan fingerprint density at radius 2 is 0.993 bits per heavy atom. The van der Waals surface area contributed by atoms with Crippen molar-refractivity contribution >= 4 is 176 Å². The number of carbonyl (C=O) groups excluding carboxylic acids is 19. The Balaban J connectivity index is 1.14. The minimum atomic E-state index is -2.23. The predicted molar refractivity (Wildman–Crippen MR) is 500 cm³/mol. The first-order valence-electron chi connectivity index (χ1n) is 44.0. The van der Waals surface area contributed by atoms with Gasteiger partial charge < -0.3 is 127 Å². The van der Waals surface area contributed by atoms with Gasteiger partial charge in [0.25, 0.3) is 0 Å². The Bertz CT molecular complexity index is 5240. The number of hydrogen-bond acceptors (Lipinski definition) is 27. The van der Waals surface area contributed by atoms with Crippen molar-refractivity contribution in [1.29, 1.82) is 0 Å². The number of carboxylic acids is 3. The van der Waals surface area contributed by atoms with Crippen LogP contribution in [-0.4, -0.2) is 324 Å². The van der Waals surface area contributed by atoms with Crippen LogP contribution in [-0.2, 0) is 125 Å². The summed E-state index contributed by atoms with van der Waals surface area (Å²) in [7, 11) is 0. The van der Waals surface area contributed by atoms with E-state index in [1.165, 1.54) is 94.7 Å². The first-order valence-corrected chi connectivity index (χ1v) is 47.5. The van der Waals surface area contributed by atoms with Crippen molar-refractivity contribution in [2.24, 2.45) is 39.2 Å². The van der Waals surface area contributed by atoms with E-state index in [0.717, 1.165) is 46.1 Å². The number of nitrogens with zero attached hydrogens (tertiary/aromatic N) is 3. The topological polar surface area (TPSA) is 727 Å². The second-order valence-corrected chi connectivity index (χ2v) is 38.7. The SMILES string of the molecule is CC(=O)N[C@@H](Cc1cccc2ccccc12)C(=O)N[C@H](C)C(=O)N[C@H]1CSCC(=O)N2CC34CN(C(=O)CCSC[C@H](NC(=O)[C@H](C)N)C(=O)N[C@H](C)C(=O)N[C@@H](CC(N)=O)C(N)=O)CC3(CN(C4)C(=O)CSCC(C(N)=O)NC(=O)[C@H](C(C)(C)C)NC(=O)C(CC(=O)O)NC(=O)[C@H](Cc3ccc(O)cc3)NC(=O)[C@H](Cc3ccccc3)NC(=O)[C@H](CC(=O)O)NC(=O)[C@H](CCC(=O)O)NC1=O)C2. The van der Waals surface area contributed by atoms with Crippen molar-refractivity contribution in [3.05, 3.63) is 114 Å². The minimum absolute atomic E-state index is 0.00953. The van der Waals surface area contributed by atoms with Gasteiger partial charge >= 0.3 is 17.9 Å². The molecule has 19 amide bonds. The Morgan fingerprint density at radius 1 is 0.507 bits per heavy atom. The summed E-state index contributed by atoms with van der Waals surface area (Å²) in [5.41, 5.74) is 19.9. The number of aromatic hydroxyl groups is 1. The lowest BCUT2D eigenvalue weighted by atomic mass is 9.71. The van der Waals surface area contributed by atoms with Gasteiger partial charge in [0.15, 0.2) is 0 Å². The maximum Gasteiger partial charge on any atom is 0.305 e. The van der Waals surface area contributed by atoms with E-state index in [-0.39, 0.29) is 86.4 Å². The zero-order valence-corrected chi connectivity index (χ0v) is 79.3. The summed E-state index contributed by atoms with van der Waals surface area (Å²) in [4.78, 5) is 309. The molecule has 5 heterocycles. The number of rotatable bonds is 33. The number of phenols is 1. The normalized spacial score (nSPS) is 23.2. The first-order chi connectivity index (χ1) is 64.9. The monoisotopic (exact) mass is 1980 g/mol. The smallest absolute Gasteiger partial charge is 0.305 e. The van der Waals surface area contributed by atoms with Crippen LogP contribution in [0.2, 0.25) is 0 Å². The van der Waals surface area contributed by atoms with Gasteiger partial charge in [-0.05, 0) is 72.2 Å². The van der Waals surface area contributed by atoms with E-state index in [0.29, 0.717) is 11.1 Å². The maximum absolute atomic E-state index is 15.2. The molecule has 5 fully saturated rings. The van der Waals surface area contributed by atoms with Crippen LogP contribution >= 0.6 is 35.3 Å². The van der Waals surface area contributed by atoms with Crippen molar-refractivity contribution in [3.63, 3.8) is 0 Å². The summed E-state index contributed by atoms with van der Waals surface area (Å²) in [6.45, 7) is 8.83. The fraction of sp³-hybridized carbons (Fsp3) is 0.506. The Hall–Kier alpha value is -13.7. The molecule has 9 rings (SSSR count). The molecular formula is C89H118N20O26S3. The largest absolute Gasteiger partial charge is 0.508 e. The third-order valence-corrected chi connectivity index (χ3v) is 26.6. The highest BCUT2D eigenvalue weighted by atomic mass is 32.2. The summed E-state index contributed by atoms with van der Waals surface area (Å²) < 4.78 is 0. The number of hydrogen-bond donors (Lipinski definition) is 21. The summed E-state index contributed by atoms with van der Waals surface area (Å²) in [6, 6.07) is 1.89. The number of fused-ring (bicyclic) bond motifs is 30.